The SMILES string of the molecule is CCOc1ccc(OCC)c2c(-c3ccccc3)c3ccccc3cc12. The molecule has 0 heterocycles. The van der Waals surface area contributed by atoms with Crippen LogP contribution in [0.5, 0.6) is 11.5 Å². The normalized spacial score (nSPS) is 11.0. The minimum atomic E-state index is 0.629. The molecule has 0 radical (unpaired) electrons. The van der Waals surface area contributed by atoms with E-state index in [0.29, 0.717) is 13.2 Å². The van der Waals surface area contributed by atoms with Gasteiger partial charge in [0.25, 0.3) is 0 Å². The van der Waals surface area contributed by atoms with Gasteiger partial charge in [0.05, 0.1) is 13.2 Å². The van der Waals surface area contributed by atoms with Crippen LogP contribution in [0, 0.1) is 0 Å². The minimum absolute atomic E-state index is 0.629. The maximum absolute atomic E-state index is 6.01. The van der Waals surface area contributed by atoms with Crippen LogP contribution in [-0.2, 0) is 0 Å². The van der Waals surface area contributed by atoms with Crippen molar-refractivity contribution in [1.29, 1.82) is 0 Å². The van der Waals surface area contributed by atoms with E-state index in [1.807, 2.05) is 32.0 Å². The van der Waals surface area contributed by atoms with Gasteiger partial charge in [-0.25, -0.2) is 0 Å². The summed E-state index contributed by atoms with van der Waals surface area (Å²) in [4.78, 5) is 0. The zero-order valence-corrected chi connectivity index (χ0v) is 15.2. The lowest BCUT2D eigenvalue weighted by atomic mass is 9.91. The standard InChI is InChI=1S/C24H22O2/c1-3-25-21-14-15-22(26-4-2)24-20(21)16-18-12-8-9-13-19(18)23(24)17-10-6-5-7-11-17/h5-16H,3-4H2,1-2H3. The molecule has 0 fully saturated rings. The Morgan fingerprint density at radius 3 is 2.08 bits per heavy atom. The first kappa shape index (κ1) is 16.5. The zero-order chi connectivity index (χ0) is 17.9. The van der Waals surface area contributed by atoms with E-state index in [1.54, 1.807) is 0 Å². The first-order valence-electron chi connectivity index (χ1n) is 9.13. The predicted octanol–water partition coefficient (Wildman–Crippen LogP) is 6.46. The highest BCUT2D eigenvalue weighted by Gasteiger charge is 2.17. The van der Waals surface area contributed by atoms with E-state index in [2.05, 4.69) is 54.6 Å². The average Bonchev–Trinajstić information content (AvgIpc) is 2.69. The Bertz CT molecular complexity index is 1050. The first-order valence-corrected chi connectivity index (χ1v) is 9.13. The van der Waals surface area contributed by atoms with Gasteiger partial charge in [0.1, 0.15) is 11.5 Å². The van der Waals surface area contributed by atoms with E-state index in [4.69, 9.17) is 9.47 Å². The Hall–Kier alpha value is -3.00. The molecule has 0 N–H and O–H groups in total. The van der Waals surface area contributed by atoms with Crippen LogP contribution in [0.1, 0.15) is 13.8 Å². The molecule has 0 aliphatic heterocycles. The highest BCUT2D eigenvalue weighted by atomic mass is 16.5. The van der Waals surface area contributed by atoms with E-state index in [9.17, 15) is 0 Å². The van der Waals surface area contributed by atoms with Gasteiger partial charge in [-0.15, -0.1) is 0 Å². The fourth-order valence-electron chi connectivity index (χ4n) is 3.58. The van der Waals surface area contributed by atoms with Crippen LogP contribution in [0.15, 0.2) is 72.8 Å². The molecular weight excluding hydrogens is 320 g/mol. The minimum Gasteiger partial charge on any atom is -0.493 e. The Kier molecular flexibility index (Phi) is 4.49. The summed E-state index contributed by atoms with van der Waals surface area (Å²) in [5.74, 6) is 1.80. The third-order valence-electron chi connectivity index (χ3n) is 4.61. The summed E-state index contributed by atoms with van der Waals surface area (Å²) in [6.07, 6.45) is 0. The lowest BCUT2D eigenvalue weighted by molar-refractivity contribution is 0.336. The molecule has 2 nitrogen and oxygen atoms in total. The average molecular weight is 342 g/mol. The maximum atomic E-state index is 6.01. The van der Waals surface area contributed by atoms with E-state index in [0.717, 1.165) is 22.3 Å². The van der Waals surface area contributed by atoms with Crippen molar-refractivity contribution in [3.63, 3.8) is 0 Å². The smallest absolute Gasteiger partial charge is 0.128 e. The fourth-order valence-corrected chi connectivity index (χ4v) is 3.58. The summed E-state index contributed by atoms with van der Waals surface area (Å²) in [6.45, 7) is 5.30. The summed E-state index contributed by atoms with van der Waals surface area (Å²) in [7, 11) is 0. The molecule has 0 aromatic heterocycles. The van der Waals surface area contributed by atoms with Gasteiger partial charge in [0.2, 0.25) is 0 Å². The van der Waals surface area contributed by atoms with Crippen LogP contribution < -0.4 is 9.47 Å². The molecule has 4 aromatic rings. The van der Waals surface area contributed by atoms with E-state index < -0.39 is 0 Å². The molecule has 4 rings (SSSR count). The van der Waals surface area contributed by atoms with Crippen LogP contribution in [0.2, 0.25) is 0 Å². The summed E-state index contributed by atoms with van der Waals surface area (Å²) in [5.41, 5.74) is 2.38. The highest BCUT2D eigenvalue weighted by molar-refractivity contribution is 6.16. The molecule has 0 atom stereocenters. The quantitative estimate of drug-likeness (QED) is 0.388. The Balaban J connectivity index is 2.20. The summed E-state index contributed by atoms with van der Waals surface area (Å²) in [6, 6.07) is 25.3. The molecule has 4 aromatic carbocycles. The largest absolute Gasteiger partial charge is 0.493 e. The number of rotatable bonds is 5. The van der Waals surface area contributed by atoms with Crippen molar-refractivity contribution < 1.29 is 9.47 Å². The summed E-state index contributed by atoms with van der Waals surface area (Å²) in [5, 5.41) is 4.63. The van der Waals surface area contributed by atoms with Gasteiger partial charge in [-0.3, -0.25) is 0 Å². The second kappa shape index (κ2) is 7.09. The van der Waals surface area contributed by atoms with Crippen molar-refractivity contribution >= 4 is 21.5 Å². The van der Waals surface area contributed by atoms with Crippen molar-refractivity contribution in [3.05, 3.63) is 72.8 Å². The van der Waals surface area contributed by atoms with Gasteiger partial charge < -0.3 is 9.47 Å². The van der Waals surface area contributed by atoms with Crippen LogP contribution in [0.3, 0.4) is 0 Å². The Morgan fingerprint density at radius 1 is 0.654 bits per heavy atom. The number of benzene rings is 4. The van der Waals surface area contributed by atoms with Crippen LogP contribution in [0.25, 0.3) is 32.7 Å². The Labute approximate surface area is 154 Å². The van der Waals surface area contributed by atoms with Crippen molar-refractivity contribution in [3.8, 4) is 22.6 Å². The van der Waals surface area contributed by atoms with E-state index >= 15 is 0 Å². The van der Waals surface area contributed by atoms with Crippen LogP contribution in [0.4, 0.5) is 0 Å². The fraction of sp³-hybridized carbons (Fsp3) is 0.167. The molecule has 0 amide bonds. The van der Waals surface area contributed by atoms with Crippen LogP contribution in [-0.4, -0.2) is 13.2 Å². The predicted molar refractivity (Wildman–Crippen MR) is 109 cm³/mol. The molecule has 0 unspecified atom stereocenters. The monoisotopic (exact) mass is 342 g/mol. The molecule has 0 bridgehead atoms. The Morgan fingerprint density at radius 2 is 1.31 bits per heavy atom. The van der Waals surface area contributed by atoms with Crippen LogP contribution >= 0.6 is 0 Å². The van der Waals surface area contributed by atoms with Gasteiger partial charge in [0.15, 0.2) is 0 Å². The maximum Gasteiger partial charge on any atom is 0.128 e. The number of ether oxygens (including phenoxy) is 2. The van der Waals surface area contributed by atoms with E-state index in [-0.39, 0.29) is 0 Å². The van der Waals surface area contributed by atoms with Crippen molar-refractivity contribution in [2.24, 2.45) is 0 Å². The lowest BCUT2D eigenvalue weighted by Gasteiger charge is -2.18. The molecular formula is C24H22O2. The highest BCUT2D eigenvalue weighted by Crippen LogP contribution is 2.44. The zero-order valence-electron chi connectivity index (χ0n) is 15.2. The number of fused-ring (bicyclic) bond motifs is 2. The van der Waals surface area contributed by atoms with Gasteiger partial charge >= 0.3 is 0 Å². The summed E-state index contributed by atoms with van der Waals surface area (Å²) < 4.78 is 11.9. The molecule has 2 heteroatoms. The first-order chi connectivity index (χ1) is 12.8. The molecule has 0 saturated heterocycles. The van der Waals surface area contributed by atoms with Gasteiger partial charge in [-0.1, -0.05) is 54.6 Å². The van der Waals surface area contributed by atoms with E-state index in [1.165, 1.54) is 21.9 Å². The molecule has 130 valence electrons. The van der Waals surface area contributed by atoms with Crippen molar-refractivity contribution in [2.75, 3.05) is 13.2 Å². The van der Waals surface area contributed by atoms with Gasteiger partial charge in [-0.2, -0.15) is 0 Å². The molecule has 0 saturated carbocycles. The molecule has 0 aliphatic carbocycles. The number of hydrogen-bond acceptors (Lipinski definition) is 2. The lowest BCUT2D eigenvalue weighted by Crippen LogP contribution is -1.98. The third kappa shape index (κ3) is 2.78. The molecule has 26 heavy (non-hydrogen) atoms. The van der Waals surface area contributed by atoms with Crippen molar-refractivity contribution in [1.82, 2.24) is 0 Å². The molecule has 0 aliphatic rings. The van der Waals surface area contributed by atoms with Gasteiger partial charge in [0, 0.05) is 16.3 Å². The third-order valence-corrected chi connectivity index (χ3v) is 4.61. The topological polar surface area (TPSA) is 18.5 Å². The molecule has 0 spiro atoms. The van der Waals surface area contributed by atoms with Gasteiger partial charge in [-0.05, 0) is 48.4 Å². The number of hydrogen-bond donors (Lipinski definition) is 0. The summed E-state index contributed by atoms with van der Waals surface area (Å²) >= 11 is 0. The second-order valence-electron chi connectivity index (χ2n) is 6.19. The second-order valence-corrected chi connectivity index (χ2v) is 6.19. The van der Waals surface area contributed by atoms with Crippen molar-refractivity contribution in [2.45, 2.75) is 13.8 Å².